The molecule has 0 atom stereocenters. The summed E-state index contributed by atoms with van der Waals surface area (Å²) in [6.45, 7) is 0. The molecule has 0 aliphatic carbocycles. The second-order valence-electron chi connectivity index (χ2n) is 7.32. The zero-order chi connectivity index (χ0) is 24.0. The molecule has 3 heterocycles. The zero-order valence-corrected chi connectivity index (χ0v) is 20.3. The molecule has 0 saturated heterocycles. The zero-order valence-electron chi connectivity index (χ0n) is 18.7. The van der Waals surface area contributed by atoms with Crippen LogP contribution in [0.15, 0.2) is 89.7 Å². The summed E-state index contributed by atoms with van der Waals surface area (Å²) in [6.07, 6.45) is 3.46. The molecule has 0 radical (unpaired) electrons. The van der Waals surface area contributed by atoms with Crippen LogP contribution in [0.3, 0.4) is 0 Å². The van der Waals surface area contributed by atoms with Crippen LogP contribution in [0, 0.1) is 0 Å². The molecule has 0 saturated carbocycles. The van der Waals surface area contributed by atoms with Crippen molar-refractivity contribution in [2.24, 2.45) is 0 Å². The van der Waals surface area contributed by atoms with E-state index in [1.807, 2.05) is 76.7 Å². The van der Waals surface area contributed by atoms with Crippen molar-refractivity contribution in [3.8, 4) is 34.1 Å². The van der Waals surface area contributed by atoms with E-state index in [9.17, 15) is 4.79 Å². The Morgan fingerprint density at radius 3 is 2.60 bits per heavy atom. The lowest BCUT2D eigenvalue weighted by Crippen LogP contribution is -2.14. The SMILES string of the molecule is COc1ccc(-c2csc(NC(=O)CSc3nnc(-c4cccnc4)n3-c3ccccc3)n2)cc1. The molecule has 0 unspecified atom stereocenters. The van der Waals surface area contributed by atoms with Gasteiger partial charge in [0.2, 0.25) is 5.91 Å². The third-order valence-electron chi connectivity index (χ3n) is 5.04. The highest BCUT2D eigenvalue weighted by atomic mass is 32.2. The number of thiazole rings is 1. The first-order chi connectivity index (χ1) is 17.2. The van der Waals surface area contributed by atoms with Gasteiger partial charge in [-0.25, -0.2) is 4.98 Å². The Morgan fingerprint density at radius 1 is 1.03 bits per heavy atom. The second-order valence-corrected chi connectivity index (χ2v) is 9.12. The van der Waals surface area contributed by atoms with Crippen molar-refractivity contribution >= 4 is 34.1 Å². The third kappa shape index (κ3) is 5.23. The van der Waals surface area contributed by atoms with Crippen LogP contribution in [0.25, 0.3) is 28.3 Å². The van der Waals surface area contributed by atoms with Crippen LogP contribution in [0.2, 0.25) is 0 Å². The van der Waals surface area contributed by atoms with Crippen molar-refractivity contribution in [3.63, 3.8) is 0 Å². The molecule has 8 nitrogen and oxygen atoms in total. The number of para-hydroxylation sites is 1. The molecular weight excluding hydrogens is 480 g/mol. The lowest BCUT2D eigenvalue weighted by molar-refractivity contribution is -0.113. The van der Waals surface area contributed by atoms with E-state index in [1.165, 1.54) is 23.1 Å². The quantitative estimate of drug-likeness (QED) is 0.293. The standard InChI is InChI=1S/C25H20N6O2S2/c1-33-20-11-9-17(10-12-20)21-15-34-24(27-21)28-22(32)16-35-25-30-29-23(18-6-5-13-26-14-18)31(25)19-7-3-2-4-8-19/h2-15H,16H2,1H3,(H,27,28,32). The fourth-order valence-corrected chi connectivity index (χ4v) is 4.85. The summed E-state index contributed by atoms with van der Waals surface area (Å²) in [5, 5.41) is 14.7. The van der Waals surface area contributed by atoms with Crippen molar-refractivity contribution in [2.75, 3.05) is 18.2 Å². The molecule has 174 valence electrons. The van der Waals surface area contributed by atoms with E-state index in [2.05, 4.69) is 25.5 Å². The van der Waals surface area contributed by atoms with Crippen molar-refractivity contribution in [3.05, 3.63) is 84.5 Å². The molecule has 10 heteroatoms. The van der Waals surface area contributed by atoms with Crippen LogP contribution < -0.4 is 10.1 Å². The number of benzene rings is 2. The Hall–Kier alpha value is -4.02. The number of nitrogens with one attached hydrogen (secondary N) is 1. The molecule has 0 bridgehead atoms. The molecule has 5 aromatic rings. The molecule has 1 amide bonds. The molecule has 2 aromatic carbocycles. The first-order valence-electron chi connectivity index (χ1n) is 10.6. The van der Waals surface area contributed by atoms with Gasteiger partial charge in [-0.05, 0) is 48.5 Å². The van der Waals surface area contributed by atoms with Gasteiger partial charge in [0.25, 0.3) is 0 Å². The summed E-state index contributed by atoms with van der Waals surface area (Å²) in [5.41, 5.74) is 3.50. The Bertz CT molecular complexity index is 1420. The second kappa shape index (κ2) is 10.5. The summed E-state index contributed by atoms with van der Waals surface area (Å²) in [4.78, 5) is 21.4. The van der Waals surface area contributed by atoms with Crippen LogP contribution in [0.1, 0.15) is 0 Å². The number of carbonyl (C=O) groups excluding carboxylic acids is 1. The number of hydrogen-bond donors (Lipinski definition) is 1. The van der Waals surface area contributed by atoms with Gasteiger partial charge in [0, 0.05) is 34.6 Å². The maximum atomic E-state index is 12.7. The summed E-state index contributed by atoms with van der Waals surface area (Å²) >= 11 is 2.69. The Morgan fingerprint density at radius 2 is 1.86 bits per heavy atom. The number of methoxy groups -OCH3 is 1. The summed E-state index contributed by atoms with van der Waals surface area (Å²) < 4.78 is 7.13. The van der Waals surface area contributed by atoms with Gasteiger partial charge in [-0.15, -0.1) is 21.5 Å². The normalized spacial score (nSPS) is 10.8. The average Bonchev–Trinajstić information content (AvgIpc) is 3.56. The van der Waals surface area contributed by atoms with Crippen molar-refractivity contribution in [2.45, 2.75) is 5.16 Å². The summed E-state index contributed by atoms with van der Waals surface area (Å²) in [7, 11) is 1.63. The predicted octanol–water partition coefficient (Wildman–Crippen LogP) is 5.19. The summed E-state index contributed by atoms with van der Waals surface area (Å²) in [5.74, 6) is 1.44. The van der Waals surface area contributed by atoms with E-state index in [4.69, 9.17) is 4.74 Å². The van der Waals surface area contributed by atoms with Gasteiger partial charge in [-0.3, -0.25) is 14.3 Å². The molecule has 0 aliphatic rings. The number of thioether (sulfide) groups is 1. The van der Waals surface area contributed by atoms with Crippen molar-refractivity contribution in [1.82, 2.24) is 24.7 Å². The monoisotopic (exact) mass is 500 g/mol. The predicted molar refractivity (Wildman–Crippen MR) is 138 cm³/mol. The third-order valence-corrected chi connectivity index (χ3v) is 6.72. The number of amides is 1. The molecular formula is C25H20N6O2S2. The number of nitrogens with zero attached hydrogens (tertiary/aromatic N) is 5. The minimum Gasteiger partial charge on any atom is -0.497 e. The van der Waals surface area contributed by atoms with Crippen LogP contribution in [-0.2, 0) is 4.79 Å². The first kappa shape index (κ1) is 22.8. The Labute approximate surface area is 210 Å². The number of pyridine rings is 1. The van der Waals surface area contributed by atoms with Gasteiger partial charge in [0.15, 0.2) is 16.1 Å². The minimum atomic E-state index is -0.170. The minimum absolute atomic E-state index is 0.162. The Balaban J connectivity index is 1.30. The summed E-state index contributed by atoms with van der Waals surface area (Å²) in [6, 6.07) is 21.2. The van der Waals surface area contributed by atoms with Crippen LogP contribution in [0.5, 0.6) is 5.75 Å². The van der Waals surface area contributed by atoms with Gasteiger partial charge >= 0.3 is 0 Å². The smallest absolute Gasteiger partial charge is 0.236 e. The number of carbonyl (C=O) groups is 1. The first-order valence-corrected chi connectivity index (χ1v) is 12.5. The van der Waals surface area contributed by atoms with E-state index in [0.29, 0.717) is 16.1 Å². The highest BCUT2D eigenvalue weighted by Gasteiger charge is 2.18. The molecule has 0 aliphatic heterocycles. The maximum Gasteiger partial charge on any atom is 0.236 e. The number of rotatable bonds is 8. The van der Waals surface area contributed by atoms with E-state index in [0.717, 1.165) is 28.3 Å². The van der Waals surface area contributed by atoms with Gasteiger partial charge in [-0.2, -0.15) is 0 Å². The molecule has 35 heavy (non-hydrogen) atoms. The van der Waals surface area contributed by atoms with Crippen LogP contribution >= 0.6 is 23.1 Å². The average molecular weight is 501 g/mol. The Kier molecular flexibility index (Phi) is 6.82. The molecule has 0 spiro atoms. The number of aromatic nitrogens is 5. The van der Waals surface area contributed by atoms with E-state index < -0.39 is 0 Å². The number of anilines is 1. The molecule has 1 N–H and O–H groups in total. The van der Waals surface area contributed by atoms with Gasteiger partial charge in [-0.1, -0.05) is 30.0 Å². The van der Waals surface area contributed by atoms with Crippen LogP contribution in [-0.4, -0.2) is 43.5 Å². The van der Waals surface area contributed by atoms with E-state index in [-0.39, 0.29) is 11.7 Å². The highest BCUT2D eigenvalue weighted by molar-refractivity contribution is 7.99. The fraction of sp³-hybridized carbons (Fsp3) is 0.0800. The van der Waals surface area contributed by atoms with E-state index in [1.54, 1.807) is 19.5 Å². The van der Waals surface area contributed by atoms with Crippen molar-refractivity contribution < 1.29 is 9.53 Å². The topological polar surface area (TPSA) is 94.8 Å². The molecule has 3 aromatic heterocycles. The van der Waals surface area contributed by atoms with Gasteiger partial charge < -0.3 is 10.1 Å². The van der Waals surface area contributed by atoms with Crippen LogP contribution in [0.4, 0.5) is 5.13 Å². The van der Waals surface area contributed by atoms with Gasteiger partial charge in [0.1, 0.15) is 5.75 Å². The molecule has 0 fully saturated rings. The highest BCUT2D eigenvalue weighted by Crippen LogP contribution is 2.29. The molecule has 5 rings (SSSR count). The largest absolute Gasteiger partial charge is 0.497 e. The lowest BCUT2D eigenvalue weighted by atomic mass is 10.2. The van der Waals surface area contributed by atoms with E-state index >= 15 is 0 Å². The lowest BCUT2D eigenvalue weighted by Gasteiger charge is -2.10. The van der Waals surface area contributed by atoms with Gasteiger partial charge in [0.05, 0.1) is 18.6 Å². The van der Waals surface area contributed by atoms with Crippen molar-refractivity contribution in [1.29, 1.82) is 0 Å². The number of ether oxygens (including phenoxy) is 1. The maximum absolute atomic E-state index is 12.7. The number of hydrogen-bond acceptors (Lipinski definition) is 8. The fourth-order valence-electron chi connectivity index (χ4n) is 3.37.